The van der Waals surface area contributed by atoms with Crippen molar-refractivity contribution in [2.45, 2.75) is 0 Å². The second kappa shape index (κ2) is 1.98. The molecule has 0 aliphatic rings. The standard InChI is InChI=1S/C2HN2/c1-2-4-3/h1H/q+1. The lowest BCUT2D eigenvalue weighted by atomic mass is 11.2. The van der Waals surface area contributed by atoms with Crippen LogP contribution >= 0.6 is 0 Å². The predicted octanol–water partition coefficient (Wildman–Crippen LogP) is 0.430. The summed E-state index contributed by atoms with van der Waals surface area (Å²) in [4.78, 5) is 2.26. The maximum Gasteiger partial charge on any atom is 0.418 e. The van der Waals surface area contributed by atoms with Crippen molar-refractivity contribution in [2.75, 3.05) is 0 Å². The lowest BCUT2D eigenvalue weighted by Gasteiger charge is -0.983. The third-order valence-corrected chi connectivity index (χ3v) is 0.0577. The molecule has 0 saturated heterocycles. The van der Waals surface area contributed by atoms with Crippen molar-refractivity contribution in [1.29, 1.82) is 5.39 Å². The minimum Gasteiger partial charge on any atom is -0.0205 e. The van der Waals surface area contributed by atoms with E-state index in [1.54, 1.807) is 6.04 Å². The maximum absolute atomic E-state index is 7.26. The summed E-state index contributed by atoms with van der Waals surface area (Å²) >= 11 is 0. The summed E-state index contributed by atoms with van der Waals surface area (Å²) in [5.74, 6) is 0. The van der Waals surface area contributed by atoms with Gasteiger partial charge in [0.2, 0.25) is 10.4 Å². The number of rotatable bonds is 0. The highest BCUT2D eigenvalue weighted by Crippen LogP contribution is 1.40. The van der Waals surface area contributed by atoms with Gasteiger partial charge in [-0.05, 0) is 6.42 Å². The van der Waals surface area contributed by atoms with Crippen molar-refractivity contribution in [1.82, 2.24) is 0 Å². The van der Waals surface area contributed by atoms with Crippen LogP contribution < -0.4 is 0 Å². The van der Waals surface area contributed by atoms with Crippen LogP contribution in [0.25, 0.3) is 4.98 Å². The van der Waals surface area contributed by atoms with Crippen LogP contribution in [0.2, 0.25) is 0 Å². The van der Waals surface area contributed by atoms with E-state index in [-0.39, 0.29) is 0 Å². The molecule has 0 rings (SSSR count). The van der Waals surface area contributed by atoms with E-state index < -0.39 is 0 Å². The number of diazo groups is 1. The molecular weight excluding hydrogens is 52.0 g/mol. The Bertz CT molecular complexity index is 59.0. The molecule has 2 nitrogen and oxygen atoms in total. The Morgan fingerprint density at radius 3 is 2.25 bits per heavy atom. The minimum absolute atomic E-state index is 1.61. The molecule has 0 unspecified atom stereocenters. The van der Waals surface area contributed by atoms with Crippen LogP contribution in [0, 0.1) is 17.9 Å². The van der Waals surface area contributed by atoms with Crippen molar-refractivity contribution in [3.8, 4) is 12.5 Å². The molecule has 0 bridgehead atoms. The summed E-state index contributed by atoms with van der Waals surface area (Å²) in [5.41, 5.74) is 0. The Hall–Kier alpha value is -1.02. The van der Waals surface area contributed by atoms with Gasteiger partial charge in [-0.15, -0.1) is 0 Å². The molecule has 0 N–H and O–H groups in total. The van der Waals surface area contributed by atoms with Crippen LogP contribution in [0.1, 0.15) is 0 Å². The fraction of sp³-hybridized carbons (Fsp3) is 0. The number of hydrogen-bond donors (Lipinski definition) is 0. The Labute approximate surface area is 24.1 Å². The zero-order valence-corrected chi connectivity index (χ0v) is 1.97. The van der Waals surface area contributed by atoms with E-state index in [4.69, 9.17) is 5.39 Å². The monoisotopic (exact) mass is 53.0 g/mol. The molecule has 0 spiro atoms. The highest BCUT2D eigenvalue weighted by Gasteiger charge is 1.56. The van der Waals surface area contributed by atoms with Crippen LogP contribution in [-0.2, 0) is 0 Å². The Balaban J connectivity index is 3.14. The lowest BCUT2D eigenvalue weighted by molar-refractivity contribution is 1.49. The number of hydrogen-bond acceptors (Lipinski definition) is 1. The lowest BCUT2D eigenvalue weighted by Crippen LogP contribution is -1.15. The zero-order chi connectivity index (χ0) is 3.41. The van der Waals surface area contributed by atoms with Crippen LogP contribution in [0.5, 0.6) is 0 Å². The van der Waals surface area contributed by atoms with Gasteiger partial charge in [-0.1, -0.05) is 0 Å². The van der Waals surface area contributed by atoms with Gasteiger partial charge in [0.15, 0.2) is 0 Å². The first-order valence-corrected chi connectivity index (χ1v) is 0.712. The van der Waals surface area contributed by atoms with Gasteiger partial charge in [0.1, 0.15) is 0 Å². The molecule has 0 amide bonds. The Kier molecular flexibility index (Phi) is 1.48. The third-order valence-electron chi connectivity index (χ3n) is 0.0577. The highest BCUT2D eigenvalue weighted by molar-refractivity contribution is 4.91. The second-order valence-corrected chi connectivity index (χ2v) is 0.229. The van der Waals surface area contributed by atoms with E-state index in [9.17, 15) is 0 Å². The van der Waals surface area contributed by atoms with Gasteiger partial charge in [-0.2, -0.15) is 0 Å². The molecule has 0 heterocycles. The molecule has 0 aromatic heterocycles. The first-order valence-electron chi connectivity index (χ1n) is 0.712. The third kappa shape index (κ3) is 0.980. The summed E-state index contributed by atoms with van der Waals surface area (Å²) in [7, 11) is 0. The average molecular weight is 53.0 g/mol. The molecule has 0 fully saturated rings. The summed E-state index contributed by atoms with van der Waals surface area (Å²) in [6.45, 7) is 0. The first kappa shape index (κ1) is 2.98. The summed E-state index contributed by atoms with van der Waals surface area (Å²) in [5, 5.41) is 7.26. The molecular formula is C2HN2+. The van der Waals surface area contributed by atoms with Crippen LogP contribution in [0.3, 0.4) is 0 Å². The van der Waals surface area contributed by atoms with Gasteiger partial charge in [-0.25, -0.2) is 0 Å². The maximum atomic E-state index is 7.26. The SMILES string of the molecule is C#C[N+]#N. The highest BCUT2D eigenvalue weighted by atomic mass is 14.8. The normalized spacial score (nSPS) is 2.50. The summed E-state index contributed by atoms with van der Waals surface area (Å²) in [6.07, 6.45) is 4.36. The topological polar surface area (TPSA) is 28.1 Å². The van der Waals surface area contributed by atoms with E-state index >= 15 is 0 Å². The van der Waals surface area contributed by atoms with Crippen LogP contribution in [-0.4, -0.2) is 0 Å². The quantitative estimate of drug-likeness (QED) is 0.290. The van der Waals surface area contributed by atoms with Gasteiger partial charge in [0.05, 0.1) is 0 Å². The van der Waals surface area contributed by atoms with Gasteiger partial charge in [0.25, 0.3) is 0 Å². The first-order chi connectivity index (χ1) is 1.91. The van der Waals surface area contributed by atoms with E-state index in [1.165, 1.54) is 0 Å². The summed E-state index contributed by atoms with van der Waals surface area (Å²) < 4.78 is 0. The van der Waals surface area contributed by atoms with Crippen molar-refractivity contribution >= 4 is 0 Å². The largest absolute Gasteiger partial charge is 0.418 e. The fourth-order valence-electron chi connectivity index (χ4n) is 0. The Morgan fingerprint density at radius 1 is 2.00 bits per heavy atom. The Morgan fingerprint density at radius 2 is 2.25 bits per heavy atom. The van der Waals surface area contributed by atoms with E-state index in [0.717, 1.165) is 0 Å². The van der Waals surface area contributed by atoms with E-state index in [0.29, 0.717) is 0 Å². The molecule has 0 saturated carbocycles. The van der Waals surface area contributed by atoms with Gasteiger partial charge >= 0.3 is 6.04 Å². The molecule has 4 heavy (non-hydrogen) atoms. The molecule has 0 aliphatic heterocycles. The van der Waals surface area contributed by atoms with Crippen LogP contribution in [0.4, 0.5) is 0 Å². The van der Waals surface area contributed by atoms with Crippen molar-refractivity contribution in [3.63, 3.8) is 0 Å². The van der Waals surface area contributed by atoms with Crippen LogP contribution in [0.15, 0.2) is 0 Å². The minimum atomic E-state index is 1.61. The molecule has 2 heteroatoms. The van der Waals surface area contributed by atoms with Crippen molar-refractivity contribution in [3.05, 3.63) is 4.98 Å². The molecule has 18 valence electrons. The molecule has 0 atom stereocenters. The number of nitrogens with zero attached hydrogens (tertiary/aromatic N) is 2. The molecule has 0 aromatic carbocycles. The molecule has 0 aromatic rings. The summed E-state index contributed by atoms with van der Waals surface area (Å²) in [6, 6.07) is 1.61. The van der Waals surface area contributed by atoms with Crippen molar-refractivity contribution < 1.29 is 0 Å². The van der Waals surface area contributed by atoms with Gasteiger partial charge in [-0.3, -0.25) is 0 Å². The van der Waals surface area contributed by atoms with E-state index in [1.807, 2.05) is 0 Å². The fourth-order valence-corrected chi connectivity index (χ4v) is 0. The average Bonchev–Trinajstić information content (AvgIpc) is 1.37. The van der Waals surface area contributed by atoms with E-state index in [2.05, 4.69) is 11.4 Å². The van der Waals surface area contributed by atoms with Crippen molar-refractivity contribution in [2.24, 2.45) is 0 Å². The zero-order valence-electron chi connectivity index (χ0n) is 1.97. The molecule has 0 aliphatic carbocycles. The van der Waals surface area contributed by atoms with Gasteiger partial charge in [0, 0.05) is 0 Å². The van der Waals surface area contributed by atoms with Gasteiger partial charge < -0.3 is 0 Å². The smallest absolute Gasteiger partial charge is 0.0205 e. The number of terminal acetylenes is 1. The predicted molar refractivity (Wildman–Crippen MR) is 13.9 cm³/mol. The second-order valence-electron chi connectivity index (χ2n) is 0.229. The molecule has 0 radical (unpaired) electrons.